The van der Waals surface area contributed by atoms with Crippen molar-refractivity contribution in [3.63, 3.8) is 0 Å². The predicted molar refractivity (Wildman–Crippen MR) is 47.8 cm³/mol. The fourth-order valence-electron chi connectivity index (χ4n) is 1.10. The monoisotopic (exact) mass is 168 g/mol. The molecule has 0 saturated carbocycles. The van der Waals surface area contributed by atoms with E-state index in [2.05, 4.69) is 11.9 Å². The van der Waals surface area contributed by atoms with E-state index in [1.807, 2.05) is 23.9 Å². The Bertz CT molecular complexity index is 220. The van der Waals surface area contributed by atoms with E-state index in [-0.39, 0.29) is 0 Å². The summed E-state index contributed by atoms with van der Waals surface area (Å²) in [6, 6.07) is 0. The third-order valence-corrected chi connectivity index (χ3v) is 1.71. The molecule has 0 spiro atoms. The Labute approximate surface area is 73.4 Å². The first-order chi connectivity index (χ1) is 5.88. The summed E-state index contributed by atoms with van der Waals surface area (Å²) in [5.41, 5.74) is 0. The third-order valence-electron chi connectivity index (χ3n) is 1.71. The lowest BCUT2D eigenvalue weighted by atomic mass is 10.3. The van der Waals surface area contributed by atoms with E-state index < -0.39 is 0 Å². The molecule has 1 aromatic heterocycles. The van der Waals surface area contributed by atoms with Gasteiger partial charge < -0.3 is 9.30 Å². The van der Waals surface area contributed by atoms with Crippen LogP contribution in [0.25, 0.3) is 0 Å². The highest BCUT2D eigenvalue weighted by Crippen LogP contribution is 2.01. The fraction of sp³-hybridized carbons (Fsp3) is 0.667. The molecule has 0 amide bonds. The van der Waals surface area contributed by atoms with Gasteiger partial charge in [-0.1, -0.05) is 6.92 Å². The second-order valence-electron chi connectivity index (χ2n) is 2.69. The Morgan fingerprint density at radius 3 is 3.00 bits per heavy atom. The highest BCUT2D eigenvalue weighted by molar-refractivity contribution is 4.91. The molecule has 0 N–H and O–H groups in total. The number of hydrogen-bond acceptors (Lipinski definition) is 2. The summed E-state index contributed by atoms with van der Waals surface area (Å²) < 4.78 is 7.34. The van der Waals surface area contributed by atoms with Gasteiger partial charge >= 0.3 is 0 Å². The Morgan fingerprint density at radius 1 is 1.50 bits per heavy atom. The van der Waals surface area contributed by atoms with Crippen LogP contribution in [0, 0.1) is 0 Å². The summed E-state index contributed by atoms with van der Waals surface area (Å²) in [5.74, 6) is 1.12. The van der Waals surface area contributed by atoms with Crippen molar-refractivity contribution in [3.8, 4) is 0 Å². The molecule has 3 heteroatoms. The van der Waals surface area contributed by atoms with Gasteiger partial charge in [-0.05, 0) is 13.3 Å². The summed E-state index contributed by atoms with van der Waals surface area (Å²) in [4.78, 5) is 4.24. The van der Waals surface area contributed by atoms with E-state index in [0.717, 1.165) is 25.3 Å². The molecular formula is C9H16N2O. The van der Waals surface area contributed by atoms with Gasteiger partial charge in [0.1, 0.15) is 12.6 Å². The number of aromatic nitrogens is 2. The summed E-state index contributed by atoms with van der Waals surface area (Å²) >= 11 is 0. The van der Waals surface area contributed by atoms with Crippen LogP contribution in [0.1, 0.15) is 26.1 Å². The van der Waals surface area contributed by atoms with Crippen LogP contribution in [0.5, 0.6) is 0 Å². The van der Waals surface area contributed by atoms with Crippen molar-refractivity contribution < 1.29 is 4.74 Å². The lowest BCUT2D eigenvalue weighted by molar-refractivity contribution is 0.0857. The second-order valence-corrected chi connectivity index (χ2v) is 2.69. The van der Waals surface area contributed by atoms with E-state index >= 15 is 0 Å². The Hall–Kier alpha value is -0.830. The average molecular weight is 168 g/mol. The molecule has 0 aliphatic rings. The van der Waals surface area contributed by atoms with Crippen molar-refractivity contribution in [1.29, 1.82) is 0 Å². The number of nitrogens with zero attached hydrogens (tertiary/aromatic N) is 2. The van der Waals surface area contributed by atoms with Crippen LogP contribution >= 0.6 is 0 Å². The first kappa shape index (κ1) is 9.26. The SMILES string of the molecule is CCCc1nccn1COCC. The topological polar surface area (TPSA) is 27.1 Å². The Balaban J connectivity index is 2.51. The van der Waals surface area contributed by atoms with E-state index in [1.54, 1.807) is 0 Å². The molecule has 0 aromatic carbocycles. The molecule has 0 atom stereocenters. The first-order valence-corrected chi connectivity index (χ1v) is 4.46. The van der Waals surface area contributed by atoms with Gasteiger partial charge in [0.15, 0.2) is 0 Å². The van der Waals surface area contributed by atoms with Gasteiger partial charge in [-0.3, -0.25) is 0 Å². The van der Waals surface area contributed by atoms with E-state index in [0.29, 0.717) is 6.73 Å². The molecule has 1 aromatic rings. The molecule has 68 valence electrons. The minimum atomic E-state index is 0.631. The van der Waals surface area contributed by atoms with E-state index in [1.165, 1.54) is 0 Å². The van der Waals surface area contributed by atoms with Gasteiger partial charge in [0.2, 0.25) is 0 Å². The maximum absolute atomic E-state index is 5.29. The van der Waals surface area contributed by atoms with Crippen LogP contribution in [-0.4, -0.2) is 16.2 Å². The van der Waals surface area contributed by atoms with Crippen LogP contribution in [-0.2, 0) is 17.9 Å². The van der Waals surface area contributed by atoms with Gasteiger partial charge in [-0.25, -0.2) is 4.98 Å². The zero-order valence-electron chi connectivity index (χ0n) is 7.79. The molecule has 3 nitrogen and oxygen atoms in total. The lowest BCUT2D eigenvalue weighted by Crippen LogP contribution is -2.05. The number of aryl methyl sites for hydroxylation is 1. The molecule has 0 aliphatic carbocycles. The zero-order chi connectivity index (χ0) is 8.81. The minimum absolute atomic E-state index is 0.631. The van der Waals surface area contributed by atoms with Gasteiger partial charge in [-0.15, -0.1) is 0 Å². The van der Waals surface area contributed by atoms with Crippen LogP contribution < -0.4 is 0 Å². The molecule has 0 aliphatic heterocycles. The van der Waals surface area contributed by atoms with Crippen molar-refractivity contribution in [2.45, 2.75) is 33.4 Å². The standard InChI is InChI=1S/C9H16N2O/c1-3-5-9-10-6-7-11(9)8-12-4-2/h6-7H,3-5,8H2,1-2H3. The molecule has 0 bridgehead atoms. The van der Waals surface area contributed by atoms with Crippen molar-refractivity contribution in [2.24, 2.45) is 0 Å². The van der Waals surface area contributed by atoms with Gasteiger partial charge in [0, 0.05) is 25.4 Å². The average Bonchev–Trinajstić information content (AvgIpc) is 2.50. The molecule has 0 radical (unpaired) electrons. The molecule has 0 saturated heterocycles. The summed E-state index contributed by atoms with van der Waals surface area (Å²) in [7, 11) is 0. The highest BCUT2D eigenvalue weighted by atomic mass is 16.5. The van der Waals surface area contributed by atoms with Gasteiger partial charge in [0.05, 0.1) is 0 Å². The van der Waals surface area contributed by atoms with Crippen molar-refractivity contribution in [1.82, 2.24) is 9.55 Å². The molecular weight excluding hydrogens is 152 g/mol. The number of ether oxygens (including phenoxy) is 1. The summed E-state index contributed by atoms with van der Waals surface area (Å²) in [5, 5.41) is 0. The molecule has 1 heterocycles. The second kappa shape index (κ2) is 4.93. The molecule has 1 rings (SSSR count). The first-order valence-electron chi connectivity index (χ1n) is 4.46. The van der Waals surface area contributed by atoms with Crippen LogP contribution in [0.2, 0.25) is 0 Å². The molecule has 12 heavy (non-hydrogen) atoms. The maximum Gasteiger partial charge on any atom is 0.123 e. The molecule has 0 fully saturated rings. The molecule has 0 unspecified atom stereocenters. The quantitative estimate of drug-likeness (QED) is 0.670. The maximum atomic E-state index is 5.29. The number of imidazole rings is 1. The third kappa shape index (κ3) is 2.34. The summed E-state index contributed by atoms with van der Waals surface area (Å²) in [6.07, 6.45) is 5.94. The van der Waals surface area contributed by atoms with E-state index in [4.69, 9.17) is 4.74 Å². The van der Waals surface area contributed by atoms with Gasteiger partial charge in [-0.2, -0.15) is 0 Å². The van der Waals surface area contributed by atoms with Crippen molar-refractivity contribution >= 4 is 0 Å². The normalized spacial score (nSPS) is 10.5. The number of hydrogen-bond donors (Lipinski definition) is 0. The van der Waals surface area contributed by atoms with E-state index in [9.17, 15) is 0 Å². The van der Waals surface area contributed by atoms with Gasteiger partial charge in [0.25, 0.3) is 0 Å². The predicted octanol–water partition coefficient (Wildman–Crippen LogP) is 1.83. The minimum Gasteiger partial charge on any atom is -0.361 e. The smallest absolute Gasteiger partial charge is 0.123 e. The Kier molecular flexibility index (Phi) is 3.80. The fourth-order valence-corrected chi connectivity index (χ4v) is 1.10. The summed E-state index contributed by atoms with van der Waals surface area (Å²) in [6.45, 7) is 5.53. The van der Waals surface area contributed by atoms with Crippen molar-refractivity contribution in [3.05, 3.63) is 18.2 Å². The zero-order valence-corrected chi connectivity index (χ0v) is 7.79. The highest BCUT2D eigenvalue weighted by Gasteiger charge is 1.99. The van der Waals surface area contributed by atoms with Crippen LogP contribution in [0.4, 0.5) is 0 Å². The number of rotatable bonds is 5. The van der Waals surface area contributed by atoms with Crippen LogP contribution in [0.3, 0.4) is 0 Å². The lowest BCUT2D eigenvalue weighted by Gasteiger charge is -2.05. The van der Waals surface area contributed by atoms with Crippen molar-refractivity contribution in [2.75, 3.05) is 6.61 Å². The van der Waals surface area contributed by atoms with Crippen LogP contribution in [0.15, 0.2) is 12.4 Å². The largest absolute Gasteiger partial charge is 0.361 e. The Morgan fingerprint density at radius 2 is 2.33 bits per heavy atom.